The minimum atomic E-state index is -0.494. The summed E-state index contributed by atoms with van der Waals surface area (Å²) in [4.78, 5) is 11.4. The molecule has 0 aliphatic heterocycles. The van der Waals surface area contributed by atoms with E-state index in [1.165, 1.54) is 7.05 Å². The normalized spacial score (nSPS) is 13.5. The van der Waals surface area contributed by atoms with Crippen LogP contribution in [-0.2, 0) is 4.79 Å². The molecule has 0 radical (unpaired) electrons. The summed E-state index contributed by atoms with van der Waals surface area (Å²) < 4.78 is 0. The van der Waals surface area contributed by atoms with Crippen LogP contribution in [0.15, 0.2) is 5.16 Å². The van der Waals surface area contributed by atoms with Gasteiger partial charge in [-0.3, -0.25) is 4.79 Å². The van der Waals surface area contributed by atoms with Gasteiger partial charge in [-0.15, -0.1) is 6.42 Å². The first-order valence-electron chi connectivity index (χ1n) is 4.14. The number of rotatable bonds is 3. The van der Waals surface area contributed by atoms with Crippen LogP contribution in [0.3, 0.4) is 0 Å². The molecule has 4 nitrogen and oxygen atoms in total. The van der Waals surface area contributed by atoms with E-state index in [1.54, 1.807) is 0 Å². The molecule has 0 aromatic carbocycles. The molecule has 0 aromatic heterocycles. The van der Waals surface area contributed by atoms with E-state index >= 15 is 0 Å². The Kier molecular flexibility index (Phi) is 5.81. The molecule has 1 amide bonds. The molecule has 0 aromatic rings. The van der Waals surface area contributed by atoms with Crippen LogP contribution < -0.4 is 5.32 Å². The summed E-state index contributed by atoms with van der Waals surface area (Å²) in [6.07, 6.45) is 5.07. The topological polar surface area (TPSA) is 61.7 Å². The standard InChI is InChI=1S/C9H14N2O2S/c1-5-14-9(11-13)7(6(2)3)8(12)10-4/h1,6-7,13H,2-4H3,(H,10,12)/b11-9-. The monoisotopic (exact) mass is 214 g/mol. The fourth-order valence-corrected chi connectivity index (χ4v) is 1.73. The number of carbonyl (C=O) groups is 1. The van der Waals surface area contributed by atoms with Gasteiger partial charge in [0.25, 0.3) is 0 Å². The number of hydrogen-bond donors (Lipinski definition) is 2. The second kappa shape index (κ2) is 6.33. The molecule has 0 rings (SSSR count). The Labute approximate surface area is 88.1 Å². The van der Waals surface area contributed by atoms with Crippen molar-refractivity contribution >= 4 is 22.7 Å². The Bertz CT molecular complexity index is 268. The van der Waals surface area contributed by atoms with Gasteiger partial charge >= 0.3 is 0 Å². The zero-order valence-electron chi connectivity index (χ0n) is 8.44. The first kappa shape index (κ1) is 12.8. The highest BCUT2D eigenvalue weighted by Crippen LogP contribution is 2.20. The molecular weight excluding hydrogens is 200 g/mol. The maximum absolute atomic E-state index is 11.4. The zero-order valence-corrected chi connectivity index (χ0v) is 9.26. The average molecular weight is 214 g/mol. The summed E-state index contributed by atoms with van der Waals surface area (Å²) in [7, 11) is 1.53. The van der Waals surface area contributed by atoms with Crippen LogP contribution in [0, 0.1) is 23.5 Å². The lowest BCUT2D eigenvalue weighted by Crippen LogP contribution is -2.35. The van der Waals surface area contributed by atoms with Crippen molar-refractivity contribution in [1.29, 1.82) is 0 Å². The van der Waals surface area contributed by atoms with Crippen molar-refractivity contribution in [3.8, 4) is 11.7 Å². The van der Waals surface area contributed by atoms with E-state index in [2.05, 4.69) is 15.7 Å². The fourth-order valence-electron chi connectivity index (χ4n) is 1.06. The summed E-state index contributed by atoms with van der Waals surface area (Å²) >= 11 is 0.923. The molecule has 2 N–H and O–H groups in total. The molecule has 0 aliphatic rings. The van der Waals surface area contributed by atoms with Crippen molar-refractivity contribution in [3.05, 3.63) is 0 Å². The average Bonchev–Trinajstić information content (AvgIpc) is 2.16. The van der Waals surface area contributed by atoms with Crippen LogP contribution in [0.4, 0.5) is 0 Å². The summed E-state index contributed by atoms with van der Waals surface area (Å²) in [5.41, 5.74) is 0. The Hall–Kier alpha value is -1.15. The molecule has 0 bridgehead atoms. The van der Waals surface area contributed by atoms with Gasteiger partial charge in [-0.05, 0) is 22.9 Å². The quantitative estimate of drug-likeness (QED) is 0.243. The largest absolute Gasteiger partial charge is 0.410 e. The second-order valence-corrected chi connectivity index (χ2v) is 3.85. The summed E-state index contributed by atoms with van der Waals surface area (Å²) in [6.45, 7) is 3.73. The van der Waals surface area contributed by atoms with Gasteiger partial charge in [0, 0.05) is 7.05 Å². The van der Waals surface area contributed by atoms with Crippen LogP contribution >= 0.6 is 11.8 Å². The van der Waals surface area contributed by atoms with Gasteiger partial charge in [-0.2, -0.15) is 0 Å². The Morgan fingerprint density at radius 3 is 2.50 bits per heavy atom. The van der Waals surface area contributed by atoms with Gasteiger partial charge in [-0.1, -0.05) is 19.0 Å². The Morgan fingerprint density at radius 2 is 2.21 bits per heavy atom. The van der Waals surface area contributed by atoms with E-state index in [9.17, 15) is 4.79 Å². The van der Waals surface area contributed by atoms with Crippen LogP contribution in [0.5, 0.6) is 0 Å². The van der Waals surface area contributed by atoms with Crippen molar-refractivity contribution in [2.75, 3.05) is 7.05 Å². The minimum Gasteiger partial charge on any atom is -0.410 e. The van der Waals surface area contributed by atoms with E-state index in [0.717, 1.165) is 11.8 Å². The first-order valence-corrected chi connectivity index (χ1v) is 4.96. The maximum atomic E-state index is 11.4. The third kappa shape index (κ3) is 3.30. The van der Waals surface area contributed by atoms with Gasteiger partial charge in [0.1, 0.15) is 5.04 Å². The van der Waals surface area contributed by atoms with E-state index < -0.39 is 5.92 Å². The Morgan fingerprint density at radius 1 is 1.64 bits per heavy atom. The molecule has 0 saturated heterocycles. The number of thioether (sulfide) groups is 1. The molecule has 1 atom stereocenters. The van der Waals surface area contributed by atoms with Crippen LogP contribution in [0.2, 0.25) is 0 Å². The van der Waals surface area contributed by atoms with Crippen LogP contribution in [0.1, 0.15) is 13.8 Å². The van der Waals surface area contributed by atoms with Crippen molar-refractivity contribution in [1.82, 2.24) is 5.32 Å². The van der Waals surface area contributed by atoms with Crippen molar-refractivity contribution in [3.63, 3.8) is 0 Å². The molecule has 14 heavy (non-hydrogen) atoms. The smallest absolute Gasteiger partial charge is 0.229 e. The lowest BCUT2D eigenvalue weighted by molar-refractivity contribution is -0.123. The molecule has 0 saturated carbocycles. The number of amides is 1. The molecule has 78 valence electrons. The summed E-state index contributed by atoms with van der Waals surface area (Å²) in [5.74, 6) is -0.664. The van der Waals surface area contributed by atoms with Gasteiger partial charge in [0.05, 0.1) is 5.92 Å². The number of oxime groups is 1. The summed E-state index contributed by atoms with van der Waals surface area (Å²) in [6, 6.07) is 0. The highest BCUT2D eigenvalue weighted by molar-refractivity contribution is 8.18. The van der Waals surface area contributed by atoms with E-state index in [-0.39, 0.29) is 16.9 Å². The van der Waals surface area contributed by atoms with Crippen LogP contribution in [-0.4, -0.2) is 23.2 Å². The number of nitrogens with zero attached hydrogens (tertiary/aromatic N) is 1. The molecule has 1 unspecified atom stereocenters. The van der Waals surface area contributed by atoms with Crippen molar-refractivity contribution < 1.29 is 10.0 Å². The third-order valence-corrected chi connectivity index (χ3v) is 2.39. The zero-order chi connectivity index (χ0) is 11.1. The first-order chi connectivity index (χ1) is 6.58. The third-order valence-electron chi connectivity index (χ3n) is 1.72. The summed E-state index contributed by atoms with van der Waals surface area (Å²) in [5, 5.41) is 16.8. The molecule has 5 heteroatoms. The minimum absolute atomic E-state index is 0.0294. The number of nitrogens with one attached hydrogen (secondary N) is 1. The van der Waals surface area contributed by atoms with Gasteiger partial charge < -0.3 is 10.5 Å². The Balaban J connectivity index is 4.82. The number of carbonyl (C=O) groups excluding carboxylic acids is 1. The molecule has 0 heterocycles. The van der Waals surface area contributed by atoms with Crippen LogP contribution in [0.25, 0.3) is 0 Å². The molecule has 0 spiro atoms. The number of hydrogen-bond acceptors (Lipinski definition) is 4. The lowest BCUT2D eigenvalue weighted by Gasteiger charge is -2.17. The highest BCUT2D eigenvalue weighted by Gasteiger charge is 2.27. The predicted octanol–water partition coefficient (Wildman–Crippen LogP) is 1.12. The van der Waals surface area contributed by atoms with Crippen molar-refractivity contribution in [2.24, 2.45) is 17.0 Å². The highest BCUT2D eigenvalue weighted by atomic mass is 32.2. The lowest BCUT2D eigenvalue weighted by atomic mass is 9.96. The second-order valence-electron chi connectivity index (χ2n) is 2.99. The van der Waals surface area contributed by atoms with Gasteiger partial charge in [0.15, 0.2) is 0 Å². The fraction of sp³-hybridized carbons (Fsp3) is 0.556. The van der Waals surface area contributed by atoms with Gasteiger partial charge in [0.2, 0.25) is 5.91 Å². The predicted molar refractivity (Wildman–Crippen MR) is 58.0 cm³/mol. The van der Waals surface area contributed by atoms with E-state index in [4.69, 9.17) is 11.6 Å². The number of terminal acetylenes is 1. The van der Waals surface area contributed by atoms with E-state index in [1.807, 2.05) is 13.8 Å². The van der Waals surface area contributed by atoms with E-state index in [0.29, 0.717) is 0 Å². The molecular formula is C9H14N2O2S. The van der Waals surface area contributed by atoms with Gasteiger partial charge in [-0.25, -0.2) is 0 Å². The maximum Gasteiger partial charge on any atom is 0.229 e. The molecule has 0 aliphatic carbocycles. The molecule has 0 fully saturated rings. The SMILES string of the molecule is C#CS/C(=N\O)C(C(=O)NC)C(C)C. The van der Waals surface area contributed by atoms with Crippen molar-refractivity contribution in [2.45, 2.75) is 13.8 Å².